The van der Waals surface area contributed by atoms with Crippen LogP contribution in [0.5, 0.6) is 0 Å². The molecule has 0 aromatic carbocycles. The minimum Gasteiger partial charge on any atom is -0.347 e. The topological polar surface area (TPSA) is 4.93 Å². The highest BCUT2D eigenvalue weighted by Gasteiger charge is 2.03. The standard InChI is InChI=1S/C10H11NS/c1-8-5-6-9(11(8)2)10-4-3-7-12-10/h3-7H,1-2H3. The van der Waals surface area contributed by atoms with E-state index in [1.54, 1.807) is 11.3 Å². The summed E-state index contributed by atoms with van der Waals surface area (Å²) in [6.07, 6.45) is 0. The van der Waals surface area contributed by atoms with Crippen LogP contribution in [0.25, 0.3) is 10.6 Å². The van der Waals surface area contributed by atoms with Crippen molar-refractivity contribution in [3.8, 4) is 10.6 Å². The Morgan fingerprint density at radius 3 is 2.58 bits per heavy atom. The summed E-state index contributed by atoms with van der Waals surface area (Å²) in [5.41, 5.74) is 2.61. The lowest BCUT2D eigenvalue weighted by atomic mass is 10.3. The Bertz CT molecular complexity index is 370. The van der Waals surface area contributed by atoms with Gasteiger partial charge in [0.1, 0.15) is 0 Å². The average Bonchev–Trinajstić information content (AvgIpc) is 2.64. The van der Waals surface area contributed by atoms with Crippen molar-refractivity contribution >= 4 is 11.3 Å². The quantitative estimate of drug-likeness (QED) is 0.631. The van der Waals surface area contributed by atoms with Crippen molar-refractivity contribution in [2.24, 2.45) is 7.05 Å². The zero-order valence-corrected chi connectivity index (χ0v) is 8.06. The van der Waals surface area contributed by atoms with Crippen LogP contribution in [0.2, 0.25) is 0 Å². The van der Waals surface area contributed by atoms with Crippen molar-refractivity contribution in [2.75, 3.05) is 0 Å². The molecule has 2 aromatic rings. The predicted molar refractivity (Wildman–Crippen MR) is 53.5 cm³/mol. The van der Waals surface area contributed by atoms with Crippen LogP contribution in [-0.2, 0) is 7.05 Å². The van der Waals surface area contributed by atoms with Crippen LogP contribution < -0.4 is 0 Å². The fraction of sp³-hybridized carbons (Fsp3) is 0.200. The maximum atomic E-state index is 2.21. The normalized spacial score (nSPS) is 10.5. The van der Waals surface area contributed by atoms with Gasteiger partial charge in [-0.05, 0) is 30.5 Å². The van der Waals surface area contributed by atoms with Gasteiger partial charge >= 0.3 is 0 Å². The van der Waals surface area contributed by atoms with Crippen LogP contribution in [0.4, 0.5) is 0 Å². The molecule has 0 radical (unpaired) electrons. The third kappa shape index (κ3) is 1.08. The SMILES string of the molecule is Cc1ccc(-c2cccs2)n1C. The van der Waals surface area contributed by atoms with Crippen molar-refractivity contribution in [1.29, 1.82) is 0 Å². The molecule has 0 bridgehead atoms. The first kappa shape index (κ1) is 7.62. The van der Waals surface area contributed by atoms with Crippen LogP contribution in [0.1, 0.15) is 5.69 Å². The molecule has 0 spiro atoms. The largest absolute Gasteiger partial charge is 0.347 e. The zero-order chi connectivity index (χ0) is 8.55. The Kier molecular flexibility index (Phi) is 1.77. The van der Waals surface area contributed by atoms with Gasteiger partial charge < -0.3 is 4.57 Å². The van der Waals surface area contributed by atoms with E-state index in [4.69, 9.17) is 0 Å². The number of rotatable bonds is 1. The van der Waals surface area contributed by atoms with Crippen molar-refractivity contribution in [3.63, 3.8) is 0 Å². The summed E-state index contributed by atoms with van der Waals surface area (Å²) in [6.45, 7) is 2.12. The van der Waals surface area contributed by atoms with Crippen molar-refractivity contribution in [3.05, 3.63) is 35.3 Å². The van der Waals surface area contributed by atoms with Crippen molar-refractivity contribution < 1.29 is 0 Å². The maximum Gasteiger partial charge on any atom is 0.0581 e. The van der Waals surface area contributed by atoms with Gasteiger partial charge in [-0.15, -0.1) is 11.3 Å². The highest BCUT2D eigenvalue weighted by atomic mass is 32.1. The fourth-order valence-corrected chi connectivity index (χ4v) is 2.07. The monoisotopic (exact) mass is 177 g/mol. The zero-order valence-electron chi connectivity index (χ0n) is 7.24. The van der Waals surface area contributed by atoms with Crippen molar-refractivity contribution in [2.45, 2.75) is 6.92 Å². The Labute approximate surface area is 76.3 Å². The van der Waals surface area contributed by atoms with Gasteiger partial charge in [0.15, 0.2) is 0 Å². The molecule has 2 rings (SSSR count). The summed E-state index contributed by atoms with van der Waals surface area (Å²) < 4.78 is 2.21. The van der Waals surface area contributed by atoms with E-state index >= 15 is 0 Å². The van der Waals surface area contributed by atoms with Gasteiger partial charge in [-0.2, -0.15) is 0 Å². The van der Waals surface area contributed by atoms with E-state index in [9.17, 15) is 0 Å². The number of nitrogens with zero attached hydrogens (tertiary/aromatic N) is 1. The molecule has 2 heterocycles. The van der Waals surface area contributed by atoms with Crippen LogP contribution in [0.15, 0.2) is 29.6 Å². The third-order valence-electron chi connectivity index (χ3n) is 2.15. The number of thiophene rings is 1. The summed E-state index contributed by atoms with van der Waals surface area (Å²) in [6, 6.07) is 8.55. The molecule has 0 aliphatic heterocycles. The Morgan fingerprint density at radius 1 is 1.25 bits per heavy atom. The molecule has 0 N–H and O–H groups in total. The van der Waals surface area contributed by atoms with Gasteiger partial charge in [0.25, 0.3) is 0 Å². The molecule has 0 saturated carbocycles. The Morgan fingerprint density at radius 2 is 2.08 bits per heavy atom. The number of aryl methyl sites for hydroxylation is 1. The van der Waals surface area contributed by atoms with E-state index in [1.165, 1.54) is 16.3 Å². The summed E-state index contributed by atoms with van der Waals surface area (Å²) in [5.74, 6) is 0. The highest BCUT2D eigenvalue weighted by molar-refractivity contribution is 7.13. The second-order valence-electron chi connectivity index (χ2n) is 2.90. The summed E-state index contributed by atoms with van der Waals surface area (Å²) >= 11 is 1.78. The molecule has 12 heavy (non-hydrogen) atoms. The first-order valence-corrected chi connectivity index (χ1v) is 4.83. The first-order chi connectivity index (χ1) is 5.79. The van der Waals surface area contributed by atoms with Gasteiger partial charge in [0.05, 0.1) is 10.6 Å². The van der Waals surface area contributed by atoms with E-state index in [0.29, 0.717) is 0 Å². The van der Waals surface area contributed by atoms with E-state index in [2.05, 4.69) is 48.2 Å². The van der Waals surface area contributed by atoms with E-state index in [-0.39, 0.29) is 0 Å². The highest BCUT2D eigenvalue weighted by Crippen LogP contribution is 2.25. The molecule has 1 nitrogen and oxygen atoms in total. The lowest BCUT2D eigenvalue weighted by Crippen LogP contribution is -1.91. The average molecular weight is 177 g/mol. The van der Waals surface area contributed by atoms with Gasteiger partial charge in [0.2, 0.25) is 0 Å². The maximum absolute atomic E-state index is 2.21. The smallest absolute Gasteiger partial charge is 0.0581 e. The molecule has 0 amide bonds. The first-order valence-electron chi connectivity index (χ1n) is 3.95. The molecular weight excluding hydrogens is 166 g/mol. The van der Waals surface area contributed by atoms with Crippen LogP contribution in [-0.4, -0.2) is 4.57 Å². The van der Waals surface area contributed by atoms with E-state index < -0.39 is 0 Å². The van der Waals surface area contributed by atoms with Gasteiger partial charge in [-0.25, -0.2) is 0 Å². The second kappa shape index (κ2) is 2.79. The lowest BCUT2D eigenvalue weighted by molar-refractivity contribution is 0.893. The molecule has 2 heteroatoms. The number of hydrogen-bond acceptors (Lipinski definition) is 1. The minimum atomic E-state index is 1.30. The second-order valence-corrected chi connectivity index (χ2v) is 3.84. The summed E-state index contributed by atoms with van der Waals surface area (Å²) in [7, 11) is 2.10. The third-order valence-corrected chi connectivity index (χ3v) is 3.04. The van der Waals surface area contributed by atoms with Gasteiger partial charge in [0, 0.05) is 12.7 Å². The Hall–Kier alpha value is -1.02. The molecular formula is C10H11NS. The van der Waals surface area contributed by atoms with Gasteiger partial charge in [-0.3, -0.25) is 0 Å². The molecule has 0 aliphatic carbocycles. The number of hydrogen-bond donors (Lipinski definition) is 0. The van der Waals surface area contributed by atoms with Crippen LogP contribution in [0.3, 0.4) is 0 Å². The molecule has 2 aromatic heterocycles. The molecule has 0 aliphatic rings. The van der Waals surface area contributed by atoms with Crippen molar-refractivity contribution in [1.82, 2.24) is 4.57 Å². The lowest BCUT2D eigenvalue weighted by Gasteiger charge is -2.01. The van der Waals surface area contributed by atoms with Gasteiger partial charge in [-0.1, -0.05) is 6.07 Å². The predicted octanol–water partition coefficient (Wildman–Crippen LogP) is 3.06. The summed E-state index contributed by atoms with van der Waals surface area (Å²) in [4.78, 5) is 1.34. The number of aromatic nitrogens is 1. The fourth-order valence-electron chi connectivity index (χ4n) is 1.28. The van der Waals surface area contributed by atoms with Crippen LogP contribution in [0, 0.1) is 6.92 Å². The molecule has 0 atom stereocenters. The molecule has 0 unspecified atom stereocenters. The van der Waals surface area contributed by atoms with Crippen LogP contribution >= 0.6 is 11.3 Å². The van der Waals surface area contributed by atoms with E-state index in [1.807, 2.05) is 0 Å². The molecule has 0 fully saturated rings. The van der Waals surface area contributed by atoms with E-state index in [0.717, 1.165) is 0 Å². The molecule has 0 saturated heterocycles. The molecule has 62 valence electrons. The Balaban J connectivity index is 2.55. The summed E-state index contributed by atoms with van der Waals surface area (Å²) in [5, 5.41) is 2.11. The minimum absolute atomic E-state index is 1.30.